The van der Waals surface area contributed by atoms with Gasteiger partial charge in [-0.1, -0.05) is 250 Å². The fourth-order valence-electron chi connectivity index (χ4n) is 9.06. The summed E-state index contributed by atoms with van der Waals surface area (Å²) in [7, 11) is -9.80. The number of aliphatic hydroxyl groups excluding tert-OH is 2. The Labute approximate surface area is 575 Å². The molecule has 5 atom stereocenters. The van der Waals surface area contributed by atoms with Gasteiger partial charge in [0.25, 0.3) is 0 Å². The van der Waals surface area contributed by atoms with E-state index in [2.05, 4.69) is 167 Å². The smallest absolute Gasteiger partial charge is 0.463 e. The van der Waals surface area contributed by atoms with Crippen LogP contribution in [-0.4, -0.2) is 95.9 Å². The van der Waals surface area contributed by atoms with Crippen molar-refractivity contribution < 1.29 is 75.8 Å². The molecule has 0 aliphatic rings. The summed E-state index contributed by atoms with van der Waals surface area (Å²) in [5, 5.41) is 20.6. The maximum Gasteiger partial charge on any atom is 0.472 e. The minimum Gasteiger partial charge on any atom is -0.463 e. The van der Waals surface area contributed by atoms with E-state index in [-0.39, 0.29) is 19.3 Å². The average Bonchev–Trinajstić information content (AvgIpc) is 1.81. The molecule has 0 radical (unpaired) electrons. The molecule has 95 heavy (non-hydrogen) atoms. The van der Waals surface area contributed by atoms with Gasteiger partial charge >= 0.3 is 33.6 Å². The fourth-order valence-corrected chi connectivity index (χ4v) is 10.6. The molecule has 0 saturated heterocycles. The Balaban J connectivity index is 4.59. The van der Waals surface area contributed by atoms with Gasteiger partial charge < -0.3 is 34.2 Å². The lowest BCUT2D eigenvalue weighted by molar-refractivity contribution is -0.161. The van der Waals surface area contributed by atoms with Crippen LogP contribution < -0.4 is 0 Å². The highest BCUT2D eigenvalue weighted by Crippen LogP contribution is 2.45. The Morgan fingerprint density at radius 1 is 0.305 bits per heavy atom. The number of esters is 3. The molecule has 0 aromatic heterocycles. The average molecular weight is 1370 g/mol. The first-order chi connectivity index (χ1) is 46.2. The Morgan fingerprint density at radius 3 is 0.905 bits per heavy atom. The fraction of sp³-hybridized carbons (Fsp3) is 0.649. The molecule has 4 N–H and O–H groups in total. The summed E-state index contributed by atoms with van der Waals surface area (Å²) in [6.45, 7) is 2.35. The van der Waals surface area contributed by atoms with Gasteiger partial charge in [-0.25, -0.2) is 9.13 Å². The third-order valence-corrected chi connectivity index (χ3v) is 16.4. The maximum atomic E-state index is 12.9. The molecular weight excluding hydrogens is 1240 g/mol. The Bertz CT molecular complexity index is 2310. The van der Waals surface area contributed by atoms with E-state index in [1.165, 1.54) is 44.9 Å². The number of rotatable bonds is 67. The second kappa shape index (κ2) is 69.3. The van der Waals surface area contributed by atoms with Crippen molar-refractivity contribution >= 4 is 33.6 Å². The Kier molecular flexibility index (Phi) is 66.0. The minimum absolute atomic E-state index is 0.0830. The molecule has 0 fully saturated rings. The van der Waals surface area contributed by atoms with Crippen molar-refractivity contribution in [3.05, 3.63) is 146 Å². The van der Waals surface area contributed by atoms with Gasteiger partial charge in [-0.05, 0) is 141 Å². The number of unbranched alkanes of at least 4 members (excludes halogenated alkanes) is 20. The summed E-state index contributed by atoms with van der Waals surface area (Å²) < 4.78 is 60.9. The zero-order valence-corrected chi connectivity index (χ0v) is 60.6. The van der Waals surface area contributed by atoms with Crippen molar-refractivity contribution in [2.45, 2.75) is 283 Å². The van der Waals surface area contributed by atoms with E-state index in [4.69, 9.17) is 32.3 Å². The highest BCUT2D eigenvalue weighted by molar-refractivity contribution is 7.47. The highest BCUT2D eigenvalue weighted by atomic mass is 31.2. The molecule has 0 aromatic carbocycles. The molecule has 0 saturated carbocycles. The topological polar surface area (TPSA) is 231 Å². The Hall–Kier alpha value is -4.57. The number of aliphatic hydroxyl groups is 2. The largest absolute Gasteiger partial charge is 0.472 e. The summed E-state index contributed by atoms with van der Waals surface area (Å²) in [6.07, 6.45) is 83.3. The molecule has 542 valence electrons. The number of hydrogen-bond donors (Lipinski definition) is 4. The van der Waals surface area contributed by atoms with Crippen molar-refractivity contribution in [1.82, 2.24) is 0 Å². The number of hydrogen-bond acceptors (Lipinski definition) is 14. The van der Waals surface area contributed by atoms with Crippen LogP contribution in [0.15, 0.2) is 146 Å². The van der Waals surface area contributed by atoms with E-state index < -0.39 is 91.5 Å². The van der Waals surface area contributed by atoms with Gasteiger partial charge in [0.2, 0.25) is 0 Å². The molecule has 0 spiro atoms. The SMILES string of the molecule is CC/C=C\C/C=C\C/C=C\C/C=C\C/C=C\C/C=C\CCCCCCCCCCC(=O)OCC(O)COP(=O)(O)OCC(O)COP(=O)(O)OCC(COC(=O)CCCCC/C=C\C/C=C\C/C=C\C/C=C\C/C=C\CC)OC(=O)CCCCCCC/C=C\CCCCCC. The van der Waals surface area contributed by atoms with Crippen LogP contribution in [0.3, 0.4) is 0 Å². The molecule has 0 heterocycles. The van der Waals surface area contributed by atoms with Crippen LogP contribution >= 0.6 is 15.6 Å². The normalized spacial score (nSPS) is 15.0. The first-order valence-electron chi connectivity index (χ1n) is 36.1. The molecule has 0 rings (SSSR count). The van der Waals surface area contributed by atoms with Gasteiger partial charge in [0, 0.05) is 19.3 Å². The molecule has 0 bridgehead atoms. The number of carbonyl (C=O) groups excluding carboxylic acids is 3. The predicted octanol–water partition coefficient (Wildman–Crippen LogP) is 20.5. The second-order valence-corrected chi connectivity index (χ2v) is 26.5. The zero-order valence-electron chi connectivity index (χ0n) is 58.8. The number of phosphoric ester groups is 2. The predicted molar refractivity (Wildman–Crippen MR) is 389 cm³/mol. The van der Waals surface area contributed by atoms with Crippen molar-refractivity contribution in [1.29, 1.82) is 0 Å². The summed E-state index contributed by atoms with van der Waals surface area (Å²) >= 11 is 0. The first kappa shape index (κ1) is 90.4. The van der Waals surface area contributed by atoms with Gasteiger partial charge in [0.05, 0.1) is 26.4 Å². The van der Waals surface area contributed by atoms with Crippen LogP contribution in [-0.2, 0) is 55.8 Å². The quantitative estimate of drug-likeness (QED) is 0.0146. The van der Waals surface area contributed by atoms with Crippen LogP contribution in [0.5, 0.6) is 0 Å². The number of phosphoric acid groups is 2. The van der Waals surface area contributed by atoms with Crippen LogP contribution in [0.1, 0.15) is 265 Å². The van der Waals surface area contributed by atoms with E-state index in [1.54, 1.807) is 0 Å². The van der Waals surface area contributed by atoms with Crippen molar-refractivity contribution in [2.24, 2.45) is 0 Å². The van der Waals surface area contributed by atoms with Gasteiger partial charge in [-0.2, -0.15) is 0 Å². The van der Waals surface area contributed by atoms with Crippen LogP contribution in [0.2, 0.25) is 0 Å². The molecule has 0 aliphatic heterocycles. The first-order valence-corrected chi connectivity index (χ1v) is 39.1. The van der Waals surface area contributed by atoms with Gasteiger partial charge in [-0.3, -0.25) is 32.5 Å². The summed E-state index contributed by atoms with van der Waals surface area (Å²) in [5.74, 6) is -1.64. The van der Waals surface area contributed by atoms with Gasteiger partial charge in [0.15, 0.2) is 6.10 Å². The number of ether oxygens (including phenoxy) is 3. The standard InChI is InChI=1S/C77H128O16P2/c1-4-7-10-13-16-19-22-25-27-29-31-32-33-34-35-36-37-38-40-42-43-46-48-51-54-57-60-63-75(80)87-66-72(78)67-89-94(83,84)90-68-73(79)69-91-95(85,86)92-71-74(93-77(82)65-62-59-56-53-50-45-24-21-18-15-12-9-6-3)70-88-76(81)64-61-58-55-52-49-47-44-41-39-30-28-26-23-20-17-14-11-8-5-2/h7-8,10-11,16-17,19-21,24-28,31-32,34-35,37-39,41,47,49,72-74,78-79H,4-6,9,12-15,18,22-23,29-30,33,36,40,42-46,48,50-71H2,1-3H3,(H,83,84)(H,85,86)/b10-7-,11-8-,19-16-,20-17-,24-21-,27-25-,28-26-,32-31-,35-34-,38-37-,41-39-,49-47-. The van der Waals surface area contributed by atoms with Crippen molar-refractivity contribution in [2.75, 3.05) is 39.6 Å². The summed E-state index contributed by atoms with van der Waals surface area (Å²) in [6, 6.07) is 0. The highest BCUT2D eigenvalue weighted by Gasteiger charge is 2.29. The molecule has 0 aromatic rings. The van der Waals surface area contributed by atoms with Crippen molar-refractivity contribution in [3.63, 3.8) is 0 Å². The van der Waals surface area contributed by atoms with E-state index >= 15 is 0 Å². The monoisotopic (exact) mass is 1370 g/mol. The molecule has 5 unspecified atom stereocenters. The van der Waals surface area contributed by atoms with Gasteiger partial charge in [-0.15, -0.1) is 0 Å². The summed E-state index contributed by atoms with van der Waals surface area (Å²) in [4.78, 5) is 58.4. The van der Waals surface area contributed by atoms with Crippen LogP contribution in [0.4, 0.5) is 0 Å². The molecule has 0 amide bonds. The van der Waals surface area contributed by atoms with E-state index in [0.717, 1.165) is 161 Å². The van der Waals surface area contributed by atoms with Crippen LogP contribution in [0, 0.1) is 0 Å². The van der Waals surface area contributed by atoms with Crippen molar-refractivity contribution in [3.8, 4) is 0 Å². The third kappa shape index (κ3) is 70.6. The molecule has 18 heteroatoms. The minimum atomic E-state index is -4.94. The molecule has 0 aliphatic carbocycles. The molecule has 16 nitrogen and oxygen atoms in total. The van der Waals surface area contributed by atoms with Crippen LogP contribution in [0.25, 0.3) is 0 Å². The summed E-state index contributed by atoms with van der Waals surface area (Å²) in [5.41, 5.74) is 0. The van der Waals surface area contributed by atoms with E-state index in [9.17, 15) is 43.5 Å². The number of allylic oxidation sites excluding steroid dienone is 24. The lowest BCUT2D eigenvalue weighted by Gasteiger charge is -2.21. The zero-order chi connectivity index (χ0) is 69.5. The number of carbonyl (C=O) groups is 3. The van der Waals surface area contributed by atoms with Gasteiger partial charge in [0.1, 0.15) is 25.4 Å². The lowest BCUT2D eigenvalue weighted by Crippen LogP contribution is -2.30. The van der Waals surface area contributed by atoms with E-state index in [1.807, 2.05) is 0 Å². The lowest BCUT2D eigenvalue weighted by atomic mass is 10.1. The third-order valence-electron chi connectivity index (χ3n) is 14.5. The maximum absolute atomic E-state index is 12.9. The molecular formula is C77H128O16P2. The van der Waals surface area contributed by atoms with E-state index in [0.29, 0.717) is 19.3 Å². The second-order valence-electron chi connectivity index (χ2n) is 23.6. The Morgan fingerprint density at radius 2 is 0.558 bits per heavy atom.